The van der Waals surface area contributed by atoms with Crippen LogP contribution in [-0.4, -0.2) is 21.8 Å². The van der Waals surface area contributed by atoms with Crippen molar-refractivity contribution >= 4 is 11.7 Å². The maximum Gasteiger partial charge on any atom is 0.339 e. The Balaban J connectivity index is 1.35. The van der Waals surface area contributed by atoms with E-state index in [9.17, 15) is 15.0 Å². The number of rotatable bonds is 3. The van der Waals surface area contributed by atoms with Crippen LogP contribution in [0.5, 0.6) is 5.75 Å². The van der Waals surface area contributed by atoms with Crippen molar-refractivity contribution in [2.75, 3.05) is 5.73 Å². The lowest BCUT2D eigenvalue weighted by molar-refractivity contribution is -0.185. The molecule has 0 spiro atoms. The number of hydrogen-bond donors (Lipinski definition) is 3. The predicted octanol–water partition coefficient (Wildman–Crippen LogP) is 4.31. The first-order valence-electron chi connectivity index (χ1n) is 11.4. The van der Waals surface area contributed by atoms with E-state index >= 15 is 0 Å². The summed E-state index contributed by atoms with van der Waals surface area (Å²) < 4.78 is 5.62. The van der Waals surface area contributed by atoms with Crippen molar-refractivity contribution < 1.29 is 19.7 Å². The molecule has 0 bridgehead atoms. The van der Waals surface area contributed by atoms with Gasteiger partial charge in [-0.15, -0.1) is 0 Å². The number of benzene rings is 2. The van der Waals surface area contributed by atoms with E-state index in [1.165, 1.54) is 11.1 Å². The maximum atomic E-state index is 13.1. The van der Waals surface area contributed by atoms with E-state index < -0.39 is 17.0 Å². The molecule has 0 aliphatic heterocycles. The van der Waals surface area contributed by atoms with E-state index in [2.05, 4.69) is 13.0 Å². The number of anilines is 1. The molecule has 4 N–H and O–H groups in total. The van der Waals surface area contributed by atoms with Crippen molar-refractivity contribution in [1.82, 2.24) is 0 Å². The number of nitrogens with two attached hydrogens (primary N) is 1. The monoisotopic (exact) mass is 421 g/mol. The van der Waals surface area contributed by atoms with Crippen molar-refractivity contribution in [3.05, 3.63) is 59.2 Å². The average molecular weight is 422 g/mol. The van der Waals surface area contributed by atoms with E-state index in [1.54, 1.807) is 18.2 Å². The summed E-state index contributed by atoms with van der Waals surface area (Å²) in [5.74, 6) is 1.03. The quantitative estimate of drug-likeness (QED) is 0.507. The summed E-state index contributed by atoms with van der Waals surface area (Å²) in [5, 5.41) is 21.5. The van der Waals surface area contributed by atoms with Gasteiger partial charge >= 0.3 is 5.97 Å². The fourth-order valence-corrected chi connectivity index (χ4v) is 6.80. The zero-order chi connectivity index (χ0) is 21.8. The number of esters is 1. The molecular weight excluding hydrogens is 390 g/mol. The van der Waals surface area contributed by atoms with Gasteiger partial charge in [0.05, 0.1) is 0 Å². The second-order valence-corrected chi connectivity index (χ2v) is 9.97. The van der Waals surface area contributed by atoms with Crippen LogP contribution in [-0.2, 0) is 22.6 Å². The van der Waals surface area contributed by atoms with Gasteiger partial charge in [0.2, 0.25) is 0 Å². The van der Waals surface area contributed by atoms with E-state index in [4.69, 9.17) is 10.5 Å². The predicted molar refractivity (Wildman–Crippen MR) is 118 cm³/mol. The summed E-state index contributed by atoms with van der Waals surface area (Å²) in [6.45, 7) is 2.24. The Morgan fingerprint density at radius 1 is 1.13 bits per heavy atom. The highest BCUT2D eigenvalue weighted by molar-refractivity contribution is 5.81. The smallest absolute Gasteiger partial charge is 0.339 e. The summed E-state index contributed by atoms with van der Waals surface area (Å²) in [6, 6.07) is 13.0. The van der Waals surface area contributed by atoms with Gasteiger partial charge < -0.3 is 20.7 Å². The molecule has 0 radical (unpaired) electrons. The Hall–Kier alpha value is -2.53. The molecule has 2 aromatic rings. The fourth-order valence-electron chi connectivity index (χ4n) is 6.80. The average Bonchev–Trinajstić information content (AvgIpc) is 3.04. The first-order chi connectivity index (χ1) is 14.8. The molecule has 0 unspecified atom stereocenters. The number of ether oxygens (including phenoxy) is 1. The Kier molecular flexibility index (Phi) is 4.78. The molecule has 2 fully saturated rings. The van der Waals surface area contributed by atoms with Gasteiger partial charge in [0.25, 0.3) is 0 Å². The van der Waals surface area contributed by atoms with E-state index in [-0.39, 0.29) is 6.61 Å². The fraction of sp³-hybridized carbons (Fsp3) is 0.500. The maximum absolute atomic E-state index is 13.1. The van der Waals surface area contributed by atoms with E-state index in [0.717, 1.165) is 37.7 Å². The van der Waals surface area contributed by atoms with Crippen LogP contribution in [0.2, 0.25) is 0 Å². The summed E-state index contributed by atoms with van der Waals surface area (Å²) in [6.07, 6.45) is 5.03. The third-order valence-corrected chi connectivity index (χ3v) is 8.55. The lowest BCUT2D eigenvalue weighted by Crippen LogP contribution is -2.55. The van der Waals surface area contributed by atoms with Crippen LogP contribution in [0.1, 0.15) is 61.6 Å². The number of aromatic hydroxyl groups is 1. The Bertz CT molecular complexity index is 1000. The highest BCUT2D eigenvalue weighted by Crippen LogP contribution is 2.64. The largest absolute Gasteiger partial charge is 0.508 e. The molecule has 0 aromatic heterocycles. The zero-order valence-electron chi connectivity index (χ0n) is 18.0. The standard InChI is InChI=1S/C26H31NO4/c1-25-12-10-21-20-9-7-19(28)14-17(20)4-8-22(21)23(25)11-13-26(25,30)24(29)31-15-16-2-5-18(27)6-3-16/h2-3,5-7,9,14,21-23,28,30H,4,8,10-13,15,27H2,1H3/t21-,22-,23+,25+,26-/m1/s1. The topological polar surface area (TPSA) is 92.8 Å². The highest BCUT2D eigenvalue weighted by Gasteiger charge is 2.65. The molecule has 0 saturated heterocycles. The van der Waals surface area contributed by atoms with Crippen molar-refractivity contribution in [3.63, 3.8) is 0 Å². The molecule has 3 aliphatic rings. The molecular formula is C26H31NO4. The third kappa shape index (κ3) is 3.13. The van der Waals surface area contributed by atoms with Gasteiger partial charge in [0.1, 0.15) is 12.4 Å². The molecule has 5 heteroatoms. The second-order valence-electron chi connectivity index (χ2n) is 9.97. The molecule has 3 aliphatic carbocycles. The number of nitrogen functional groups attached to an aromatic ring is 1. The molecule has 5 rings (SSSR count). The molecule has 2 saturated carbocycles. The number of phenolic OH excluding ortho intramolecular Hbond substituents is 1. The van der Waals surface area contributed by atoms with Gasteiger partial charge in [-0.3, -0.25) is 0 Å². The van der Waals surface area contributed by atoms with Gasteiger partial charge in [-0.25, -0.2) is 4.79 Å². The summed E-state index contributed by atoms with van der Waals surface area (Å²) >= 11 is 0. The Labute approximate surface area is 183 Å². The first kappa shape index (κ1) is 20.4. The first-order valence-corrected chi connectivity index (χ1v) is 11.4. The summed E-state index contributed by atoms with van der Waals surface area (Å²) in [5.41, 5.74) is 7.94. The summed E-state index contributed by atoms with van der Waals surface area (Å²) in [7, 11) is 0. The molecule has 0 amide bonds. The van der Waals surface area contributed by atoms with Crippen LogP contribution >= 0.6 is 0 Å². The van der Waals surface area contributed by atoms with Crippen LogP contribution < -0.4 is 5.73 Å². The van der Waals surface area contributed by atoms with Gasteiger partial charge in [-0.1, -0.05) is 25.1 Å². The number of aryl methyl sites for hydroxylation is 1. The molecule has 0 heterocycles. The number of carbonyl (C=O) groups is 1. The molecule has 31 heavy (non-hydrogen) atoms. The molecule has 2 aromatic carbocycles. The van der Waals surface area contributed by atoms with Gasteiger partial charge in [0, 0.05) is 11.1 Å². The van der Waals surface area contributed by atoms with Gasteiger partial charge in [-0.05, 0) is 97.2 Å². The van der Waals surface area contributed by atoms with Crippen LogP contribution in [0, 0.1) is 17.3 Å². The van der Waals surface area contributed by atoms with Crippen LogP contribution in [0.25, 0.3) is 0 Å². The molecule has 5 atom stereocenters. The Morgan fingerprint density at radius 3 is 2.68 bits per heavy atom. The molecule has 5 nitrogen and oxygen atoms in total. The lowest BCUT2D eigenvalue weighted by atomic mass is 9.53. The Morgan fingerprint density at radius 2 is 1.90 bits per heavy atom. The number of fused-ring (bicyclic) bond motifs is 5. The van der Waals surface area contributed by atoms with Crippen LogP contribution in [0.15, 0.2) is 42.5 Å². The van der Waals surface area contributed by atoms with Crippen molar-refractivity contribution in [3.8, 4) is 5.75 Å². The van der Waals surface area contributed by atoms with Crippen molar-refractivity contribution in [2.45, 2.75) is 63.6 Å². The van der Waals surface area contributed by atoms with E-state index in [1.807, 2.05) is 18.2 Å². The van der Waals surface area contributed by atoms with Crippen LogP contribution in [0.3, 0.4) is 0 Å². The number of aliphatic hydroxyl groups is 1. The second kappa shape index (κ2) is 7.27. The lowest BCUT2D eigenvalue weighted by Gasteiger charge is -2.52. The van der Waals surface area contributed by atoms with Crippen molar-refractivity contribution in [2.24, 2.45) is 17.3 Å². The zero-order valence-corrected chi connectivity index (χ0v) is 18.0. The summed E-state index contributed by atoms with van der Waals surface area (Å²) in [4.78, 5) is 13.1. The molecule has 164 valence electrons. The number of carbonyl (C=O) groups excluding carboxylic acids is 1. The third-order valence-electron chi connectivity index (χ3n) is 8.55. The minimum atomic E-state index is -1.44. The minimum Gasteiger partial charge on any atom is -0.508 e. The minimum absolute atomic E-state index is 0.144. The normalized spacial score (nSPS) is 33.8. The number of hydrogen-bond acceptors (Lipinski definition) is 5. The number of phenols is 1. The SMILES string of the molecule is C[C@]12CC[C@@H]3c4ccc(O)cc4CC[C@H]3[C@@H]1CC[C@@]2(O)C(=O)OCc1ccc(N)cc1. The van der Waals surface area contributed by atoms with Gasteiger partial charge in [-0.2, -0.15) is 0 Å². The van der Waals surface area contributed by atoms with Crippen molar-refractivity contribution in [1.29, 1.82) is 0 Å². The van der Waals surface area contributed by atoms with E-state index in [0.29, 0.717) is 35.6 Å². The van der Waals surface area contributed by atoms with Gasteiger partial charge in [0.15, 0.2) is 5.60 Å². The highest BCUT2D eigenvalue weighted by atomic mass is 16.5. The van der Waals surface area contributed by atoms with Crippen LogP contribution in [0.4, 0.5) is 5.69 Å².